The third-order valence-corrected chi connectivity index (χ3v) is 5.46. The van der Waals surface area contributed by atoms with Gasteiger partial charge >= 0.3 is 12.1 Å². The Morgan fingerprint density at radius 1 is 0.886 bits per heavy atom. The second-order valence-corrected chi connectivity index (χ2v) is 8.65. The number of carboxylic acids is 1. The van der Waals surface area contributed by atoms with Crippen molar-refractivity contribution in [2.45, 2.75) is 20.0 Å². The van der Waals surface area contributed by atoms with Gasteiger partial charge in [0.05, 0.1) is 28.6 Å². The molecule has 0 saturated heterocycles. The van der Waals surface area contributed by atoms with E-state index in [1.165, 1.54) is 12.1 Å². The summed E-state index contributed by atoms with van der Waals surface area (Å²) in [6, 6.07) is 15.7. The Morgan fingerprint density at radius 2 is 1.51 bits per heavy atom. The standard InChI is InChI=1S/C26H22F3N3O3/c1-25(2,24(33)34)15-35-20-10-5-16(6-11-20)21-12-7-18(13-30-21)23-31-14-22(32-23)17-3-8-19(9-4-17)26(27,28)29/h3-14H,15H2,1-2H3,(H,31,32)(H,33,34). The predicted molar refractivity (Wildman–Crippen MR) is 125 cm³/mol. The topological polar surface area (TPSA) is 88.1 Å². The lowest BCUT2D eigenvalue weighted by molar-refractivity contribution is -0.148. The highest BCUT2D eigenvalue weighted by Gasteiger charge is 2.30. The van der Waals surface area contributed by atoms with E-state index in [0.29, 0.717) is 22.8 Å². The third kappa shape index (κ3) is 5.51. The van der Waals surface area contributed by atoms with Gasteiger partial charge in [-0.3, -0.25) is 9.78 Å². The van der Waals surface area contributed by atoms with Crippen molar-refractivity contribution in [3.63, 3.8) is 0 Å². The van der Waals surface area contributed by atoms with Crippen molar-refractivity contribution in [2.24, 2.45) is 5.41 Å². The molecule has 2 aromatic heterocycles. The number of alkyl halides is 3. The first kappa shape index (κ1) is 24.0. The number of nitrogens with zero attached hydrogens (tertiary/aromatic N) is 2. The molecular weight excluding hydrogens is 459 g/mol. The quantitative estimate of drug-likeness (QED) is 0.323. The number of rotatable bonds is 7. The van der Waals surface area contributed by atoms with E-state index in [0.717, 1.165) is 29.0 Å². The SMILES string of the molecule is CC(C)(COc1ccc(-c2ccc(-c3ncc(-c4ccc(C(F)(F)F)cc4)[nH]3)cn2)cc1)C(=O)O. The number of benzene rings is 2. The van der Waals surface area contributed by atoms with Crippen LogP contribution in [-0.4, -0.2) is 32.6 Å². The van der Waals surface area contributed by atoms with Crippen molar-refractivity contribution in [2.75, 3.05) is 6.61 Å². The van der Waals surface area contributed by atoms with Crippen LogP contribution in [0.5, 0.6) is 5.75 Å². The van der Waals surface area contributed by atoms with Gasteiger partial charge in [-0.2, -0.15) is 13.2 Å². The van der Waals surface area contributed by atoms with E-state index >= 15 is 0 Å². The molecule has 2 N–H and O–H groups in total. The predicted octanol–water partition coefficient (Wildman–Crippen LogP) is 6.31. The number of H-pyrrole nitrogens is 1. The van der Waals surface area contributed by atoms with Gasteiger partial charge in [0.15, 0.2) is 0 Å². The Morgan fingerprint density at radius 3 is 2.09 bits per heavy atom. The van der Waals surface area contributed by atoms with Crippen LogP contribution in [0.25, 0.3) is 33.9 Å². The fraction of sp³-hybridized carbons (Fsp3) is 0.192. The summed E-state index contributed by atoms with van der Waals surface area (Å²) in [6.45, 7) is 3.24. The molecule has 0 amide bonds. The van der Waals surface area contributed by atoms with Gasteiger partial charge in [0.2, 0.25) is 0 Å². The van der Waals surface area contributed by atoms with Gasteiger partial charge in [0.1, 0.15) is 18.2 Å². The summed E-state index contributed by atoms with van der Waals surface area (Å²) in [6.07, 6.45) is -1.16. The molecule has 4 aromatic rings. The Kier molecular flexibility index (Phi) is 6.34. The Bertz CT molecular complexity index is 1310. The first-order valence-electron chi connectivity index (χ1n) is 10.7. The van der Waals surface area contributed by atoms with Crippen molar-refractivity contribution in [3.8, 4) is 39.7 Å². The maximum Gasteiger partial charge on any atom is 0.416 e. The Hall–Kier alpha value is -4.14. The monoisotopic (exact) mass is 481 g/mol. The van der Waals surface area contributed by atoms with Crippen LogP contribution < -0.4 is 4.74 Å². The number of carboxylic acid groups (broad SMARTS) is 1. The minimum Gasteiger partial charge on any atom is -0.492 e. The van der Waals surface area contributed by atoms with Crippen molar-refractivity contribution in [1.82, 2.24) is 15.0 Å². The summed E-state index contributed by atoms with van der Waals surface area (Å²) in [7, 11) is 0. The normalized spacial score (nSPS) is 11.9. The van der Waals surface area contributed by atoms with E-state index < -0.39 is 23.1 Å². The molecule has 0 unspecified atom stereocenters. The van der Waals surface area contributed by atoms with Gasteiger partial charge in [-0.05, 0) is 67.9 Å². The van der Waals surface area contributed by atoms with Crippen LogP contribution in [0.1, 0.15) is 19.4 Å². The molecule has 4 rings (SSSR count). The zero-order chi connectivity index (χ0) is 25.2. The van der Waals surface area contributed by atoms with Crippen molar-refractivity contribution in [3.05, 3.63) is 78.6 Å². The number of aromatic nitrogens is 3. The van der Waals surface area contributed by atoms with Crippen molar-refractivity contribution >= 4 is 5.97 Å². The number of halogens is 3. The summed E-state index contributed by atoms with van der Waals surface area (Å²) >= 11 is 0. The number of pyridine rings is 1. The average molecular weight is 481 g/mol. The number of aliphatic carboxylic acids is 1. The average Bonchev–Trinajstić information content (AvgIpc) is 3.33. The summed E-state index contributed by atoms with van der Waals surface area (Å²) < 4.78 is 43.9. The molecule has 9 heteroatoms. The number of imidazole rings is 1. The highest BCUT2D eigenvalue weighted by Crippen LogP contribution is 2.31. The van der Waals surface area contributed by atoms with Gasteiger partial charge in [-0.15, -0.1) is 0 Å². The van der Waals surface area contributed by atoms with E-state index in [1.807, 2.05) is 24.3 Å². The molecule has 180 valence electrons. The first-order chi connectivity index (χ1) is 16.5. The number of hydrogen-bond acceptors (Lipinski definition) is 4. The van der Waals surface area contributed by atoms with Gasteiger partial charge in [0, 0.05) is 17.3 Å². The zero-order valence-corrected chi connectivity index (χ0v) is 18.9. The van der Waals surface area contributed by atoms with Gasteiger partial charge in [-0.1, -0.05) is 12.1 Å². The van der Waals surface area contributed by atoms with Crippen molar-refractivity contribution < 1.29 is 27.8 Å². The maximum absolute atomic E-state index is 12.8. The van der Waals surface area contributed by atoms with E-state index in [9.17, 15) is 23.1 Å². The lowest BCUT2D eigenvalue weighted by Gasteiger charge is -2.19. The van der Waals surface area contributed by atoms with Gasteiger partial charge in [-0.25, -0.2) is 4.98 Å². The van der Waals surface area contributed by atoms with E-state index in [4.69, 9.17) is 4.74 Å². The molecule has 0 aliphatic rings. The van der Waals surface area contributed by atoms with Gasteiger partial charge in [0.25, 0.3) is 0 Å². The van der Waals surface area contributed by atoms with E-state index in [1.54, 1.807) is 38.4 Å². The van der Waals surface area contributed by atoms with Crippen LogP contribution in [0, 0.1) is 5.41 Å². The maximum atomic E-state index is 12.8. The lowest BCUT2D eigenvalue weighted by Crippen LogP contribution is -2.30. The van der Waals surface area contributed by atoms with Crippen LogP contribution >= 0.6 is 0 Å². The number of hydrogen-bond donors (Lipinski definition) is 2. The van der Waals surface area contributed by atoms with Crippen LogP contribution in [0.15, 0.2) is 73.1 Å². The molecule has 6 nitrogen and oxygen atoms in total. The largest absolute Gasteiger partial charge is 0.492 e. The third-order valence-electron chi connectivity index (χ3n) is 5.46. The molecule has 35 heavy (non-hydrogen) atoms. The molecule has 0 saturated carbocycles. The molecule has 0 radical (unpaired) electrons. The Labute approximate surface area is 199 Å². The fourth-order valence-electron chi connectivity index (χ4n) is 3.21. The molecule has 0 fully saturated rings. The summed E-state index contributed by atoms with van der Waals surface area (Å²) in [5, 5.41) is 9.18. The summed E-state index contributed by atoms with van der Waals surface area (Å²) in [4.78, 5) is 23.1. The number of carbonyl (C=O) groups is 1. The number of aromatic amines is 1. The number of nitrogens with one attached hydrogen (secondary N) is 1. The second kappa shape index (κ2) is 9.25. The van der Waals surface area contributed by atoms with Crippen LogP contribution in [0.3, 0.4) is 0 Å². The van der Waals surface area contributed by atoms with E-state index in [2.05, 4.69) is 15.0 Å². The summed E-state index contributed by atoms with van der Waals surface area (Å²) in [5.74, 6) is 0.177. The van der Waals surface area contributed by atoms with Crippen LogP contribution in [0.4, 0.5) is 13.2 Å². The first-order valence-corrected chi connectivity index (χ1v) is 10.7. The molecule has 2 heterocycles. The lowest BCUT2D eigenvalue weighted by atomic mass is 9.95. The van der Waals surface area contributed by atoms with Gasteiger partial charge < -0.3 is 14.8 Å². The summed E-state index contributed by atoms with van der Waals surface area (Å²) in [5.41, 5.74) is 1.79. The molecule has 2 aromatic carbocycles. The smallest absolute Gasteiger partial charge is 0.416 e. The highest BCUT2D eigenvalue weighted by molar-refractivity contribution is 5.73. The van der Waals surface area contributed by atoms with E-state index in [-0.39, 0.29) is 6.61 Å². The molecular formula is C26H22F3N3O3. The van der Waals surface area contributed by atoms with Crippen LogP contribution in [-0.2, 0) is 11.0 Å². The zero-order valence-electron chi connectivity index (χ0n) is 18.9. The molecule has 0 aliphatic carbocycles. The Balaban J connectivity index is 1.44. The van der Waals surface area contributed by atoms with Crippen molar-refractivity contribution in [1.29, 1.82) is 0 Å². The minimum absolute atomic E-state index is 0.0479. The minimum atomic E-state index is -4.38. The highest BCUT2D eigenvalue weighted by atomic mass is 19.4. The molecule has 0 aliphatic heterocycles. The van der Waals surface area contributed by atoms with Crippen LogP contribution in [0.2, 0.25) is 0 Å². The number of ether oxygens (including phenoxy) is 1. The second-order valence-electron chi connectivity index (χ2n) is 8.65. The molecule has 0 bridgehead atoms. The fourth-order valence-corrected chi connectivity index (χ4v) is 3.21. The molecule has 0 atom stereocenters. The molecule has 0 spiro atoms.